The lowest BCUT2D eigenvalue weighted by atomic mass is 10.1. The summed E-state index contributed by atoms with van der Waals surface area (Å²) in [6, 6.07) is 4.71. The van der Waals surface area contributed by atoms with Crippen LogP contribution in [0, 0.1) is 0 Å². The minimum atomic E-state index is -0.682. The van der Waals surface area contributed by atoms with Gasteiger partial charge in [-0.3, -0.25) is 9.69 Å². The van der Waals surface area contributed by atoms with Crippen molar-refractivity contribution >= 4 is 35.2 Å². The van der Waals surface area contributed by atoms with Gasteiger partial charge in [0.15, 0.2) is 0 Å². The van der Waals surface area contributed by atoms with E-state index >= 15 is 0 Å². The number of carbonyl (C=O) groups excluding carboxylic acids is 3. The Labute approximate surface area is 132 Å². The van der Waals surface area contributed by atoms with Crippen molar-refractivity contribution in [1.82, 2.24) is 4.90 Å². The van der Waals surface area contributed by atoms with Crippen LogP contribution in [0.15, 0.2) is 24.3 Å². The number of hydrogen-bond acceptors (Lipinski definition) is 4. The van der Waals surface area contributed by atoms with Crippen LogP contribution in [0.2, 0.25) is 5.02 Å². The molecule has 22 heavy (non-hydrogen) atoms. The molecule has 6 nitrogen and oxygen atoms in total. The lowest BCUT2D eigenvalue weighted by molar-refractivity contribution is -0.147. The summed E-state index contributed by atoms with van der Waals surface area (Å²) in [6.07, 6.45) is 0.924. The molecule has 0 unspecified atom stereocenters. The summed E-state index contributed by atoms with van der Waals surface area (Å²) in [5.41, 5.74) is 0.455. The van der Waals surface area contributed by atoms with Crippen molar-refractivity contribution in [3.8, 4) is 0 Å². The first kappa shape index (κ1) is 14.8. The number of esters is 1. The molecule has 2 fully saturated rings. The highest BCUT2D eigenvalue weighted by molar-refractivity contribution is 6.30. The van der Waals surface area contributed by atoms with Crippen LogP contribution in [0.5, 0.6) is 0 Å². The van der Waals surface area contributed by atoms with Crippen LogP contribution in [-0.2, 0) is 14.3 Å². The van der Waals surface area contributed by atoms with E-state index in [0.717, 1.165) is 4.90 Å². The molecule has 2 saturated heterocycles. The lowest BCUT2D eigenvalue weighted by Gasteiger charge is -2.21. The molecule has 1 aromatic rings. The molecular formula is C15H15ClN2O4. The van der Waals surface area contributed by atoms with Gasteiger partial charge in [-0.2, -0.15) is 0 Å². The number of fused-ring (bicyclic) bond motifs is 1. The van der Waals surface area contributed by atoms with Gasteiger partial charge in [0.05, 0.1) is 12.3 Å². The van der Waals surface area contributed by atoms with Crippen molar-refractivity contribution in [2.75, 3.05) is 11.5 Å². The van der Waals surface area contributed by atoms with Gasteiger partial charge in [0.25, 0.3) is 5.91 Å². The Bertz CT molecular complexity index is 631. The molecule has 2 atom stereocenters. The number of nitrogens with zero attached hydrogens (tertiary/aromatic N) is 2. The molecule has 0 bridgehead atoms. The molecule has 0 radical (unpaired) electrons. The molecule has 0 saturated carbocycles. The summed E-state index contributed by atoms with van der Waals surface area (Å²) >= 11 is 5.83. The van der Waals surface area contributed by atoms with E-state index in [1.165, 1.54) is 4.90 Å². The smallest absolute Gasteiger partial charge is 0.332 e. The predicted octanol–water partition coefficient (Wildman–Crippen LogP) is 2.20. The summed E-state index contributed by atoms with van der Waals surface area (Å²) in [7, 11) is 0. The van der Waals surface area contributed by atoms with Crippen molar-refractivity contribution in [3.63, 3.8) is 0 Å². The zero-order valence-electron chi connectivity index (χ0n) is 12.0. The van der Waals surface area contributed by atoms with E-state index in [1.807, 2.05) is 0 Å². The largest absolute Gasteiger partial charge is 0.464 e. The predicted molar refractivity (Wildman–Crippen MR) is 79.6 cm³/mol. The topological polar surface area (TPSA) is 66.9 Å². The summed E-state index contributed by atoms with van der Waals surface area (Å²) in [6.45, 7) is 1.96. The Kier molecular flexibility index (Phi) is 3.78. The van der Waals surface area contributed by atoms with Gasteiger partial charge in [0, 0.05) is 5.02 Å². The lowest BCUT2D eigenvalue weighted by Crippen LogP contribution is -2.43. The van der Waals surface area contributed by atoms with Crippen molar-refractivity contribution < 1.29 is 19.1 Å². The number of urea groups is 1. The number of carbonyl (C=O) groups is 3. The van der Waals surface area contributed by atoms with Gasteiger partial charge in [0.2, 0.25) is 0 Å². The van der Waals surface area contributed by atoms with E-state index < -0.39 is 24.1 Å². The van der Waals surface area contributed by atoms with E-state index in [-0.39, 0.29) is 12.5 Å². The van der Waals surface area contributed by atoms with Gasteiger partial charge in [-0.15, -0.1) is 0 Å². The van der Waals surface area contributed by atoms with Crippen LogP contribution in [0.4, 0.5) is 10.5 Å². The van der Waals surface area contributed by atoms with Crippen LogP contribution < -0.4 is 4.90 Å². The SMILES string of the molecule is CCOC(=O)[C@H]1CC[C@@H]2C(=O)N(c3ccc(Cl)cc3)C(=O)N12. The Morgan fingerprint density at radius 3 is 2.59 bits per heavy atom. The third kappa shape index (κ3) is 2.23. The van der Waals surface area contributed by atoms with Gasteiger partial charge in [-0.25, -0.2) is 14.5 Å². The number of imide groups is 1. The molecule has 116 valence electrons. The molecule has 0 spiro atoms. The fraction of sp³-hybridized carbons (Fsp3) is 0.400. The van der Waals surface area contributed by atoms with Crippen molar-refractivity contribution in [3.05, 3.63) is 29.3 Å². The number of halogens is 1. The molecule has 0 aliphatic carbocycles. The maximum absolute atomic E-state index is 12.6. The standard InChI is InChI=1S/C15H15ClN2O4/c1-2-22-14(20)12-8-7-11-13(19)17(15(21)18(11)12)10-5-3-9(16)4-6-10/h3-6,11-12H,2,7-8H2,1H3/t11-,12-/m1/s1. The first-order valence-electron chi connectivity index (χ1n) is 7.13. The molecule has 0 aromatic heterocycles. The van der Waals surface area contributed by atoms with Crippen molar-refractivity contribution in [2.24, 2.45) is 0 Å². The quantitative estimate of drug-likeness (QED) is 0.632. The summed E-state index contributed by atoms with van der Waals surface area (Å²) in [4.78, 5) is 39.5. The highest BCUT2D eigenvalue weighted by Gasteiger charge is 2.54. The van der Waals surface area contributed by atoms with E-state index in [9.17, 15) is 14.4 Å². The number of ether oxygens (including phenoxy) is 1. The molecule has 1 aromatic carbocycles. The van der Waals surface area contributed by atoms with Crippen LogP contribution in [0.1, 0.15) is 19.8 Å². The van der Waals surface area contributed by atoms with Gasteiger partial charge >= 0.3 is 12.0 Å². The van der Waals surface area contributed by atoms with E-state index in [1.54, 1.807) is 31.2 Å². The minimum absolute atomic E-state index is 0.247. The average Bonchev–Trinajstić information content (AvgIpc) is 3.03. The second-order valence-electron chi connectivity index (χ2n) is 5.20. The number of amides is 3. The Balaban J connectivity index is 1.88. The maximum atomic E-state index is 12.6. The fourth-order valence-corrected chi connectivity index (χ4v) is 3.10. The number of anilines is 1. The Hall–Kier alpha value is -2.08. The minimum Gasteiger partial charge on any atom is -0.464 e. The van der Waals surface area contributed by atoms with Gasteiger partial charge in [-0.05, 0) is 44.0 Å². The second-order valence-corrected chi connectivity index (χ2v) is 5.64. The third-order valence-electron chi connectivity index (χ3n) is 3.95. The molecule has 3 rings (SSSR count). The normalized spacial score (nSPS) is 23.9. The van der Waals surface area contributed by atoms with Crippen LogP contribution in [0.3, 0.4) is 0 Å². The van der Waals surface area contributed by atoms with Gasteiger partial charge < -0.3 is 4.74 Å². The van der Waals surface area contributed by atoms with Crippen molar-refractivity contribution in [1.29, 1.82) is 0 Å². The van der Waals surface area contributed by atoms with Crippen LogP contribution in [-0.4, -0.2) is 41.5 Å². The zero-order valence-corrected chi connectivity index (χ0v) is 12.7. The van der Waals surface area contributed by atoms with E-state index in [2.05, 4.69) is 0 Å². The van der Waals surface area contributed by atoms with Gasteiger partial charge in [0.1, 0.15) is 12.1 Å². The molecule has 3 amide bonds. The highest BCUT2D eigenvalue weighted by Crippen LogP contribution is 2.35. The number of hydrogen-bond donors (Lipinski definition) is 0. The fourth-order valence-electron chi connectivity index (χ4n) is 2.98. The Morgan fingerprint density at radius 1 is 1.27 bits per heavy atom. The van der Waals surface area contributed by atoms with Gasteiger partial charge in [-0.1, -0.05) is 11.6 Å². The van der Waals surface area contributed by atoms with Crippen LogP contribution in [0.25, 0.3) is 0 Å². The molecule has 7 heteroatoms. The third-order valence-corrected chi connectivity index (χ3v) is 4.20. The second kappa shape index (κ2) is 5.61. The van der Waals surface area contributed by atoms with E-state index in [4.69, 9.17) is 16.3 Å². The molecule has 2 heterocycles. The average molecular weight is 323 g/mol. The molecule has 0 N–H and O–H groups in total. The zero-order chi connectivity index (χ0) is 15.9. The van der Waals surface area contributed by atoms with Crippen molar-refractivity contribution in [2.45, 2.75) is 31.8 Å². The number of rotatable bonds is 3. The number of benzene rings is 1. The van der Waals surface area contributed by atoms with E-state index in [0.29, 0.717) is 23.6 Å². The molecule has 2 aliphatic heterocycles. The summed E-state index contributed by atoms with van der Waals surface area (Å²) in [5.74, 6) is -0.761. The first-order chi connectivity index (χ1) is 10.5. The maximum Gasteiger partial charge on any atom is 0.332 e. The first-order valence-corrected chi connectivity index (χ1v) is 7.51. The summed E-state index contributed by atoms with van der Waals surface area (Å²) in [5, 5.41) is 0.521. The molecular weight excluding hydrogens is 308 g/mol. The molecule has 2 aliphatic rings. The Morgan fingerprint density at radius 2 is 1.95 bits per heavy atom. The monoisotopic (exact) mass is 322 g/mol. The highest BCUT2D eigenvalue weighted by atomic mass is 35.5. The summed E-state index contributed by atoms with van der Waals surface area (Å²) < 4.78 is 4.99. The van der Waals surface area contributed by atoms with Crippen LogP contribution >= 0.6 is 11.6 Å².